The van der Waals surface area contributed by atoms with Crippen molar-refractivity contribution in [2.45, 2.75) is 33.1 Å². The molecule has 2 heterocycles. The van der Waals surface area contributed by atoms with E-state index in [-0.39, 0.29) is 0 Å². The Morgan fingerprint density at radius 3 is 2.62 bits per heavy atom. The Hall–Kier alpha value is -1.32. The fraction of sp³-hybridized carbons (Fsp3) is 0.667. The SMILES string of the molecule is CC(C)Cc1cc(N)nc(N2CCCC2)n1. The summed E-state index contributed by atoms with van der Waals surface area (Å²) in [5, 5.41) is 0. The van der Waals surface area contributed by atoms with Crippen LogP contribution in [-0.4, -0.2) is 23.1 Å². The summed E-state index contributed by atoms with van der Waals surface area (Å²) in [5.74, 6) is 2.00. The molecule has 0 bridgehead atoms. The van der Waals surface area contributed by atoms with Gasteiger partial charge in [-0.1, -0.05) is 13.8 Å². The van der Waals surface area contributed by atoms with Gasteiger partial charge in [0.25, 0.3) is 0 Å². The van der Waals surface area contributed by atoms with Crippen LogP contribution in [0.4, 0.5) is 11.8 Å². The topological polar surface area (TPSA) is 55.0 Å². The molecule has 1 aliphatic heterocycles. The van der Waals surface area contributed by atoms with E-state index in [4.69, 9.17) is 5.73 Å². The molecule has 0 unspecified atom stereocenters. The van der Waals surface area contributed by atoms with E-state index in [1.165, 1.54) is 12.8 Å². The van der Waals surface area contributed by atoms with Crippen LogP contribution in [0.1, 0.15) is 32.4 Å². The largest absolute Gasteiger partial charge is 0.384 e. The molecule has 4 nitrogen and oxygen atoms in total. The molecular formula is C12H20N4. The molecule has 1 aromatic rings. The minimum Gasteiger partial charge on any atom is -0.384 e. The van der Waals surface area contributed by atoms with E-state index in [2.05, 4.69) is 28.7 Å². The van der Waals surface area contributed by atoms with Crippen LogP contribution in [0.3, 0.4) is 0 Å². The number of nitrogens with two attached hydrogens (primary N) is 1. The fourth-order valence-electron chi connectivity index (χ4n) is 2.09. The Balaban J connectivity index is 2.20. The molecule has 2 rings (SSSR count). The summed E-state index contributed by atoms with van der Waals surface area (Å²) in [5.41, 5.74) is 6.88. The van der Waals surface area contributed by atoms with Crippen LogP contribution in [0.2, 0.25) is 0 Å². The van der Waals surface area contributed by atoms with Gasteiger partial charge in [-0.05, 0) is 25.2 Å². The first-order valence-electron chi connectivity index (χ1n) is 6.03. The first-order chi connectivity index (χ1) is 7.65. The highest BCUT2D eigenvalue weighted by Crippen LogP contribution is 2.18. The lowest BCUT2D eigenvalue weighted by molar-refractivity contribution is 0.633. The van der Waals surface area contributed by atoms with Crippen molar-refractivity contribution >= 4 is 11.8 Å². The molecule has 1 saturated heterocycles. The van der Waals surface area contributed by atoms with E-state index >= 15 is 0 Å². The average Bonchev–Trinajstić information content (AvgIpc) is 2.67. The summed E-state index contributed by atoms with van der Waals surface area (Å²) >= 11 is 0. The number of rotatable bonds is 3. The quantitative estimate of drug-likeness (QED) is 0.844. The summed E-state index contributed by atoms with van der Waals surface area (Å²) < 4.78 is 0. The van der Waals surface area contributed by atoms with Gasteiger partial charge in [-0.3, -0.25) is 0 Å². The minimum atomic E-state index is 0.590. The molecule has 1 aliphatic rings. The lowest BCUT2D eigenvalue weighted by Crippen LogP contribution is -2.21. The molecule has 0 spiro atoms. The smallest absolute Gasteiger partial charge is 0.227 e. The van der Waals surface area contributed by atoms with E-state index in [1.54, 1.807) is 0 Å². The van der Waals surface area contributed by atoms with Gasteiger partial charge in [0.1, 0.15) is 5.82 Å². The average molecular weight is 220 g/mol. The lowest BCUT2D eigenvalue weighted by atomic mass is 10.1. The third-order valence-electron chi connectivity index (χ3n) is 2.79. The first-order valence-corrected chi connectivity index (χ1v) is 6.03. The van der Waals surface area contributed by atoms with Crippen molar-refractivity contribution in [1.82, 2.24) is 9.97 Å². The number of aromatic nitrogens is 2. The Morgan fingerprint density at radius 1 is 1.31 bits per heavy atom. The van der Waals surface area contributed by atoms with Crippen molar-refractivity contribution in [3.63, 3.8) is 0 Å². The molecule has 0 radical (unpaired) electrons. The summed E-state index contributed by atoms with van der Waals surface area (Å²) in [6.45, 7) is 6.50. The van der Waals surface area contributed by atoms with Crippen molar-refractivity contribution < 1.29 is 0 Å². The van der Waals surface area contributed by atoms with Crippen LogP contribution < -0.4 is 10.6 Å². The maximum atomic E-state index is 5.82. The summed E-state index contributed by atoms with van der Waals surface area (Å²) in [7, 11) is 0. The summed E-state index contributed by atoms with van der Waals surface area (Å²) in [6, 6.07) is 1.89. The standard InChI is InChI=1S/C12H20N4/c1-9(2)7-10-8-11(13)15-12(14-10)16-5-3-4-6-16/h8-9H,3-7H2,1-2H3,(H2,13,14,15). The van der Waals surface area contributed by atoms with Gasteiger partial charge in [-0.2, -0.15) is 4.98 Å². The monoisotopic (exact) mass is 220 g/mol. The van der Waals surface area contributed by atoms with Gasteiger partial charge in [-0.15, -0.1) is 0 Å². The molecule has 0 atom stereocenters. The van der Waals surface area contributed by atoms with Crippen LogP contribution in [-0.2, 0) is 6.42 Å². The maximum absolute atomic E-state index is 5.82. The molecule has 0 saturated carbocycles. The first kappa shape index (κ1) is 11.2. The number of nitrogen functional groups attached to an aromatic ring is 1. The molecule has 16 heavy (non-hydrogen) atoms. The van der Waals surface area contributed by atoms with Gasteiger partial charge in [0, 0.05) is 24.8 Å². The summed E-state index contributed by atoms with van der Waals surface area (Å²) in [6.07, 6.45) is 3.43. The number of nitrogens with zero attached hydrogens (tertiary/aromatic N) is 3. The van der Waals surface area contributed by atoms with E-state index in [1.807, 2.05) is 6.07 Å². The number of hydrogen-bond donors (Lipinski definition) is 1. The van der Waals surface area contributed by atoms with Crippen molar-refractivity contribution in [1.29, 1.82) is 0 Å². The Kier molecular flexibility index (Phi) is 3.27. The van der Waals surface area contributed by atoms with Gasteiger partial charge in [0.05, 0.1) is 0 Å². The van der Waals surface area contributed by atoms with Crippen LogP contribution in [0.15, 0.2) is 6.07 Å². The number of anilines is 2. The van der Waals surface area contributed by atoms with Gasteiger partial charge in [0.2, 0.25) is 5.95 Å². The highest BCUT2D eigenvalue weighted by Gasteiger charge is 2.16. The fourth-order valence-corrected chi connectivity index (χ4v) is 2.09. The van der Waals surface area contributed by atoms with Crippen LogP contribution >= 0.6 is 0 Å². The van der Waals surface area contributed by atoms with Crippen LogP contribution in [0, 0.1) is 5.92 Å². The molecule has 0 aliphatic carbocycles. The predicted octanol–water partition coefficient (Wildman–Crippen LogP) is 1.86. The molecule has 0 aromatic carbocycles. The predicted molar refractivity (Wildman–Crippen MR) is 66.4 cm³/mol. The third kappa shape index (κ3) is 2.62. The van der Waals surface area contributed by atoms with Gasteiger partial charge in [0.15, 0.2) is 0 Å². The molecule has 1 aromatic heterocycles. The van der Waals surface area contributed by atoms with Gasteiger partial charge in [-0.25, -0.2) is 4.98 Å². The molecule has 2 N–H and O–H groups in total. The van der Waals surface area contributed by atoms with Crippen molar-refractivity contribution in [3.05, 3.63) is 11.8 Å². The van der Waals surface area contributed by atoms with E-state index in [9.17, 15) is 0 Å². The number of hydrogen-bond acceptors (Lipinski definition) is 4. The van der Waals surface area contributed by atoms with Crippen molar-refractivity contribution in [3.8, 4) is 0 Å². The summed E-state index contributed by atoms with van der Waals surface area (Å²) in [4.78, 5) is 11.1. The normalized spacial score (nSPS) is 16.1. The maximum Gasteiger partial charge on any atom is 0.227 e. The van der Waals surface area contributed by atoms with Crippen LogP contribution in [0.5, 0.6) is 0 Å². The zero-order valence-electron chi connectivity index (χ0n) is 10.1. The van der Waals surface area contributed by atoms with Crippen molar-refractivity contribution in [2.24, 2.45) is 5.92 Å². The van der Waals surface area contributed by atoms with Crippen LogP contribution in [0.25, 0.3) is 0 Å². The third-order valence-corrected chi connectivity index (χ3v) is 2.79. The highest BCUT2D eigenvalue weighted by molar-refractivity contribution is 5.41. The van der Waals surface area contributed by atoms with Crippen molar-refractivity contribution in [2.75, 3.05) is 23.7 Å². The molecule has 4 heteroatoms. The second kappa shape index (κ2) is 4.68. The van der Waals surface area contributed by atoms with E-state index in [0.717, 1.165) is 31.2 Å². The molecule has 1 fully saturated rings. The Labute approximate surface area is 96.9 Å². The zero-order chi connectivity index (χ0) is 11.5. The lowest BCUT2D eigenvalue weighted by Gasteiger charge is -2.16. The Morgan fingerprint density at radius 2 is 2.00 bits per heavy atom. The molecule has 0 amide bonds. The second-order valence-electron chi connectivity index (χ2n) is 4.88. The minimum absolute atomic E-state index is 0.590. The Bertz CT molecular complexity index is 356. The van der Waals surface area contributed by atoms with E-state index < -0.39 is 0 Å². The molecular weight excluding hydrogens is 200 g/mol. The van der Waals surface area contributed by atoms with Gasteiger partial charge < -0.3 is 10.6 Å². The van der Waals surface area contributed by atoms with E-state index in [0.29, 0.717) is 11.7 Å². The highest BCUT2D eigenvalue weighted by atomic mass is 15.3. The molecule has 88 valence electrons. The zero-order valence-corrected chi connectivity index (χ0v) is 10.1. The second-order valence-corrected chi connectivity index (χ2v) is 4.88. The van der Waals surface area contributed by atoms with Gasteiger partial charge >= 0.3 is 0 Å².